The Morgan fingerprint density at radius 3 is 2.31 bits per heavy atom. The molecule has 32 heavy (non-hydrogen) atoms. The van der Waals surface area contributed by atoms with Gasteiger partial charge in [0.15, 0.2) is 11.5 Å². The number of imide groups is 1. The quantitative estimate of drug-likeness (QED) is 0.554. The zero-order valence-electron chi connectivity index (χ0n) is 18.6. The first-order chi connectivity index (χ1) is 15.4. The molecule has 0 radical (unpaired) electrons. The molecule has 2 fully saturated rings. The Balaban J connectivity index is 1.35. The smallest absolute Gasteiger partial charge is 0.251 e. The molecular formula is C25H30N2O5. The SMILES string of the molecule is CC(C)C[C@H](C(=O)Nc1ccc2c(c1)OC1(CCCC1)O2)N1C(=O)[C@H]2CC=CC[C@@H]2C1=O. The van der Waals surface area contributed by atoms with Gasteiger partial charge in [0.2, 0.25) is 17.7 Å². The summed E-state index contributed by atoms with van der Waals surface area (Å²) >= 11 is 0. The van der Waals surface area contributed by atoms with Crippen molar-refractivity contribution in [3.8, 4) is 11.5 Å². The molecule has 3 atom stereocenters. The van der Waals surface area contributed by atoms with Gasteiger partial charge in [-0.15, -0.1) is 0 Å². The van der Waals surface area contributed by atoms with Gasteiger partial charge in [-0.3, -0.25) is 19.3 Å². The normalized spacial score (nSPS) is 26.2. The van der Waals surface area contributed by atoms with Crippen molar-refractivity contribution in [3.05, 3.63) is 30.4 Å². The number of nitrogens with zero attached hydrogens (tertiary/aromatic N) is 1. The Morgan fingerprint density at radius 1 is 1.06 bits per heavy atom. The second-order valence-corrected chi connectivity index (χ2v) is 9.82. The molecule has 5 rings (SSSR count). The highest BCUT2D eigenvalue weighted by Crippen LogP contribution is 2.47. The highest BCUT2D eigenvalue weighted by atomic mass is 16.7. The van der Waals surface area contributed by atoms with Gasteiger partial charge in [-0.05, 0) is 50.2 Å². The van der Waals surface area contributed by atoms with E-state index < -0.39 is 11.8 Å². The molecule has 170 valence electrons. The van der Waals surface area contributed by atoms with Gasteiger partial charge in [-0.1, -0.05) is 26.0 Å². The number of carbonyl (C=O) groups excluding carboxylic acids is 3. The lowest BCUT2D eigenvalue weighted by atomic mass is 9.85. The summed E-state index contributed by atoms with van der Waals surface area (Å²) in [5.41, 5.74) is 0.569. The summed E-state index contributed by atoms with van der Waals surface area (Å²) in [6.45, 7) is 3.98. The average molecular weight is 439 g/mol. The van der Waals surface area contributed by atoms with Crippen LogP contribution in [0.5, 0.6) is 11.5 Å². The molecule has 1 aromatic carbocycles. The summed E-state index contributed by atoms with van der Waals surface area (Å²) in [6, 6.07) is 4.52. The Kier molecular flexibility index (Phi) is 5.22. The number of nitrogens with one attached hydrogen (secondary N) is 1. The van der Waals surface area contributed by atoms with Crippen LogP contribution < -0.4 is 14.8 Å². The molecule has 2 heterocycles. The second kappa shape index (κ2) is 7.94. The van der Waals surface area contributed by atoms with Gasteiger partial charge in [0.05, 0.1) is 11.8 Å². The number of rotatable bonds is 5. The highest BCUT2D eigenvalue weighted by molar-refractivity contribution is 6.10. The molecule has 4 aliphatic rings. The summed E-state index contributed by atoms with van der Waals surface area (Å²) in [5.74, 6) is -0.596. The number of fused-ring (bicyclic) bond motifs is 2. The molecule has 1 spiro atoms. The van der Waals surface area contributed by atoms with Crippen molar-refractivity contribution in [2.24, 2.45) is 17.8 Å². The first-order valence-corrected chi connectivity index (χ1v) is 11.7. The molecule has 0 aromatic heterocycles. The lowest BCUT2D eigenvalue weighted by Crippen LogP contribution is -2.48. The monoisotopic (exact) mass is 438 g/mol. The Hall–Kier alpha value is -2.83. The minimum Gasteiger partial charge on any atom is -0.448 e. The van der Waals surface area contributed by atoms with Crippen molar-refractivity contribution in [2.75, 3.05) is 5.32 Å². The number of likely N-dealkylation sites (tertiary alicyclic amines) is 1. The third kappa shape index (κ3) is 3.57. The molecule has 1 saturated carbocycles. The largest absolute Gasteiger partial charge is 0.448 e. The number of amides is 3. The van der Waals surface area contributed by atoms with Crippen LogP contribution in [0.15, 0.2) is 30.4 Å². The van der Waals surface area contributed by atoms with Gasteiger partial charge in [-0.2, -0.15) is 0 Å². The third-order valence-electron chi connectivity index (χ3n) is 7.02. The van der Waals surface area contributed by atoms with Crippen LogP contribution in [-0.4, -0.2) is 34.5 Å². The van der Waals surface area contributed by atoms with E-state index in [4.69, 9.17) is 9.47 Å². The fourth-order valence-electron chi connectivity index (χ4n) is 5.42. The van der Waals surface area contributed by atoms with E-state index >= 15 is 0 Å². The van der Waals surface area contributed by atoms with Crippen LogP contribution in [-0.2, 0) is 14.4 Å². The van der Waals surface area contributed by atoms with Crippen molar-refractivity contribution >= 4 is 23.4 Å². The minimum atomic E-state index is -0.827. The van der Waals surface area contributed by atoms with Crippen LogP contribution in [0.2, 0.25) is 0 Å². The summed E-state index contributed by atoms with van der Waals surface area (Å²) < 4.78 is 12.1. The van der Waals surface area contributed by atoms with E-state index in [9.17, 15) is 14.4 Å². The summed E-state index contributed by atoms with van der Waals surface area (Å²) in [4.78, 5) is 40.7. The summed E-state index contributed by atoms with van der Waals surface area (Å²) in [7, 11) is 0. The van der Waals surface area contributed by atoms with Gasteiger partial charge in [0.25, 0.3) is 5.79 Å². The fraction of sp³-hybridized carbons (Fsp3) is 0.560. The number of benzene rings is 1. The zero-order chi connectivity index (χ0) is 22.5. The molecule has 2 aliphatic carbocycles. The van der Waals surface area contributed by atoms with E-state index in [2.05, 4.69) is 5.32 Å². The number of ether oxygens (including phenoxy) is 2. The molecule has 0 bridgehead atoms. The molecular weight excluding hydrogens is 408 g/mol. The van der Waals surface area contributed by atoms with Crippen LogP contribution >= 0.6 is 0 Å². The predicted molar refractivity (Wildman–Crippen MR) is 118 cm³/mol. The van der Waals surface area contributed by atoms with Crippen LogP contribution in [0.4, 0.5) is 5.69 Å². The van der Waals surface area contributed by atoms with E-state index in [0.717, 1.165) is 25.7 Å². The van der Waals surface area contributed by atoms with Crippen LogP contribution in [0.25, 0.3) is 0 Å². The zero-order valence-corrected chi connectivity index (χ0v) is 18.6. The number of carbonyl (C=O) groups is 3. The minimum absolute atomic E-state index is 0.145. The molecule has 0 unspecified atom stereocenters. The lowest BCUT2D eigenvalue weighted by Gasteiger charge is -2.27. The molecule has 3 amide bonds. The van der Waals surface area contributed by atoms with Crippen LogP contribution in [0.3, 0.4) is 0 Å². The van der Waals surface area contributed by atoms with Crippen LogP contribution in [0.1, 0.15) is 58.8 Å². The number of hydrogen-bond donors (Lipinski definition) is 1. The maximum Gasteiger partial charge on any atom is 0.251 e. The molecule has 1 saturated heterocycles. The van der Waals surface area contributed by atoms with Crippen molar-refractivity contribution in [3.63, 3.8) is 0 Å². The number of allylic oxidation sites excluding steroid dienone is 2. The Bertz CT molecular complexity index is 953. The van der Waals surface area contributed by atoms with E-state index in [1.54, 1.807) is 12.1 Å². The topological polar surface area (TPSA) is 84.9 Å². The van der Waals surface area contributed by atoms with E-state index in [1.807, 2.05) is 32.1 Å². The first-order valence-electron chi connectivity index (χ1n) is 11.7. The molecule has 7 heteroatoms. The molecule has 1 aromatic rings. The van der Waals surface area contributed by atoms with Gasteiger partial charge in [0, 0.05) is 24.6 Å². The summed E-state index contributed by atoms with van der Waals surface area (Å²) in [6.07, 6.45) is 9.32. The average Bonchev–Trinajstić information content (AvgIpc) is 3.43. The maximum atomic E-state index is 13.3. The molecule has 7 nitrogen and oxygen atoms in total. The second-order valence-electron chi connectivity index (χ2n) is 9.82. The third-order valence-corrected chi connectivity index (χ3v) is 7.02. The number of hydrogen-bond acceptors (Lipinski definition) is 5. The summed E-state index contributed by atoms with van der Waals surface area (Å²) in [5, 5.41) is 2.92. The standard InChI is InChI=1S/C25H30N2O5/c1-15(2)13-19(27-23(29)17-7-3-4-8-18(17)24(27)30)22(28)26-16-9-10-20-21(14-16)32-25(31-20)11-5-6-12-25/h3-4,9-10,14-15,17-19H,5-8,11-13H2,1-2H3,(H,26,28)/t17-,18-,19+/m0/s1. The van der Waals surface area contributed by atoms with Gasteiger partial charge >= 0.3 is 0 Å². The fourth-order valence-corrected chi connectivity index (χ4v) is 5.42. The van der Waals surface area contributed by atoms with E-state index in [0.29, 0.717) is 36.4 Å². The number of anilines is 1. The van der Waals surface area contributed by atoms with Gasteiger partial charge in [0.1, 0.15) is 6.04 Å². The van der Waals surface area contributed by atoms with E-state index in [1.165, 1.54) is 4.90 Å². The highest BCUT2D eigenvalue weighted by Gasteiger charge is 2.51. The molecule has 2 aliphatic heterocycles. The van der Waals surface area contributed by atoms with Crippen molar-refractivity contribution in [1.82, 2.24) is 4.90 Å². The first kappa shape index (κ1) is 21.0. The Labute approximate surface area is 188 Å². The van der Waals surface area contributed by atoms with Crippen LogP contribution in [0, 0.1) is 17.8 Å². The van der Waals surface area contributed by atoms with Gasteiger partial charge < -0.3 is 14.8 Å². The van der Waals surface area contributed by atoms with E-state index in [-0.39, 0.29) is 35.5 Å². The van der Waals surface area contributed by atoms with Crippen molar-refractivity contribution < 1.29 is 23.9 Å². The maximum absolute atomic E-state index is 13.3. The predicted octanol–water partition coefficient (Wildman–Crippen LogP) is 4.03. The lowest BCUT2D eigenvalue weighted by molar-refractivity contribution is -0.147. The van der Waals surface area contributed by atoms with Crippen molar-refractivity contribution in [1.29, 1.82) is 0 Å². The Morgan fingerprint density at radius 2 is 1.69 bits per heavy atom. The van der Waals surface area contributed by atoms with Crippen molar-refractivity contribution in [2.45, 2.75) is 70.6 Å². The van der Waals surface area contributed by atoms with Gasteiger partial charge in [-0.25, -0.2) is 0 Å². The molecule has 1 N–H and O–H groups in total.